The number of methoxy groups -OCH3 is 1. The summed E-state index contributed by atoms with van der Waals surface area (Å²) in [6.45, 7) is 0.335. The van der Waals surface area contributed by atoms with Crippen LogP contribution in [0.5, 0.6) is 11.5 Å². The van der Waals surface area contributed by atoms with Crippen molar-refractivity contribution in [3.63, 3.8) is 0 Å². The van der Waals surface area contributed by atoms with Crippen LogP contribution in [0.15, 0.2) is 88.9 Å². The Bertz CT molecular complexity index is 1270. The number of ether oxygens (including phenoxy) is 2. The number of hydrogen-bond acceptors (Lipinski definition) is 7. The van der Waals surface area contributed by atoms with Crippen LogP contribution in [0.3, 0.4) is 0 Å². The third kappa shape index (κ3) is 6.65. The zero-order valence-corrected chi connectivity index (χ0v) is 18.4. The zero-order valence-electron chi connectivity index (χ0n) is 17.6. The number of hydrazone groups is 1. The van der Waals surface area contributed by atoms with Crippen LogP contribution >= 0.6 is 0 Å². The van der Waals surface area contributed by atoms with Crippen molar-refractivity contribution in [2.75, 3.05) is 13.7 Å². The number of benzene rings is 3. The average molecular weight is 468 g/mol. The predicted molar refractivity (Wildman–Crippen MR) is 125 cm³/mol. The van der Waals surface area contributed by atoms with Gasteiger partial charge in [0.25, 0.3) is 15.7 Å². The van der Waals surface area contributed by atoms with Gasteiger partial charge in [-0.25, -0.2) is 4.83 Å². The smallest absolute Gasteiger partial charge is 0.276 e. The van der Waals surface area contributed by atoms with E-state index in [0.29, 0.717) is 23.7 Å². The van der Waals surface area contributed by atoms with Crippen LogP contribution in [0, 0.1) is 10.1 Å². The highest BCUT2D eigenvalue weighted by molar-refractivity contribution is 7.89. The first-order valence-corrected chi connectivity index (χ1v) is 11.2. The summed E-state index contributed by atoms with van der Waals surface area (Å²) < 4.78 is 35.7. The van der Waals surface area contributed by atoms with Crippen molar-refractivity contribution in [2.45, 2.75) is 4.90 Å². The molecule has 0 aliphatic carbocycles. The number of non-ortho nitro benzene ring substituents is 1. The third-order valence-corrected chi connectivity index (χ3v) is 5.58. The van der Waals surface area contributed by atoms with E-state index in [9.17, 15) is 18.5 Å². The van der Waals surface area contributed by atoms with Gasteiger partial charge in [0.2, 0.25) is 0 Å². The Morgan fingerprint density at radius 3 is 2.52 bits per heavy atom. The minimum atomic E-state index is -4.06. The Hall–Kier alpha value is -4.18. The molecule has 0 fully saturated rings. The lowest BCUT2D eigenvalue weighted by Crippen LogP contribution is -2.18. The summed E-state index contributed by atoms with van der Waals surface area (Å²) >= 11 is 0. The third-order valence-electron chi connectivity index (χ3n) is 4.36. The molecular formula is C23H21N3O6S. The lowest BCUT2D eigenvalue weighted by molar-refractivity contribution is -0.385. The summed E-state index contributed by atoms with van der Waals surface area (Å²) in [7, 11) is -2.57. The first kappa shape index (κ1) is 23.5. The van der Waals surface area contributed by atoms with Gasteiger partial charge in [0.1, 0.15) is 6.61 Å². The molecule has 0 heterocycles. The Labute approximate surface area is 191 Å². The molecule has 10 heteroatoms. The van der Waals surface area contributed by atoms with Crippen LogP contribution < -0.4 is 14.3 Å². The molecule has 170 valence electrons. The Morgan fingerprint density at radius 2 is 1.79 bits per heavy atom. The molecule has 0 bridgehead atoms. The Kier molecular flexibility index (Phi) is 7.77. The molecule has 0 atom stereocenters. The van der Waals surface area contributed by atoms with Crippen molar-refractivity contribution in [1.82, 2.24) is 4.83 Å². The number of hydrogen-bond donors (Lipinski definition) is 1. The number of nitro benzene ring substituents is 1. The van der Waals surface area contributed by atoms with Crippen LogP contribution in [-0.4, -0.2) is 33.3 Å². The van der Waals surface area contributed by atoms with Crippen LogP contribution in [0.25, 0.3) is 6.08 Å². The molecular weight excluding hydrogens is 446 g/mol. The van der Waals surface area contributed by atoms with Crippen LogP contribution in [0.4, 0.5) is 5.69 Å². The van der Waals surface area contributed by atoms with Gasteiger partial charge in [0.05, 0.1) is 23.1 Å². The molecule has 0 saturated heterocycles. The number of nitrogens with one attached hydrogen (secondary N) is 1. The topological polar surface area (TPSA) is 120 Å². The minimum absolute atomic E-state index is 0.265. The Balaban J connectivity index is 1.63. The molecule has 0 aromatic heterocycles. The molecule has 0 amide bonds. The normalized spacial score (nSPS) is 11.5. The fourth-order valence-electron chi connectivity index (χ4n) is 2.76. The van der Waals surface area contributed by atoms with E-state index in [2.05, 4.69) is 5.10 Å². The minimum Gasteiger partial charge on any atom is -0.493 e. The monoisotopic (exact) mass is 467 g/mol. The lowest BCUT2D eigenvalue weighted by Gasteiger charge is -2.10. The predicted octanol–water partition coefficient (Wildman–Crippen LogP) is 4.01. The van der Waals surface area contributed by atoms with Gasteiger partial charge in [-0.2, -0.15) is 13.5 Å². The van der Waals surface area contributed by atoms with E-state index in [1.165, 1.54) is 31.5 Å². The fourth-order valence-corrected chi connectivity index (χ4v) is 3.59. The average Bonchev–Trinajstić information content (AvgIpc) is 2.83. The SMILES string of the molecule is COc1cc(/C=N\NS(=O)(=O)c2cccc([N+](=O)[O-])c2)ccc1OC/C=C/c1ccccc1. The molecule has 0 spiro atoms. The van der Waals surface area contributed by atoms with Crippen LogP contribution in [0.1, 0.15) is 11.1 Å². The molecule has 0 aliphatic rings. The number of rotatable bonds is 10. The van der Waals surface area contributed by atoms with Crippen molar-refractivity contribution in [3.8, 4) is 11.5 Å². The highest BCUT2D eigenvalue weighted by atomic mass is 32.2. The zero-order chi connectivity index (χ0) is 23.7. The molecule has 0 saturated carbocycles. The summed E-state index contributed by atoms with van der Waals surface area (Å²) in [6.07, 6.45) is 5.12. The fraction of sp³-hybridized carbons (Fsp3) is 0.0870. The van der Waals surface area contributed by atoms with E-state index < -0.39 is 14.9 Å². The maximum atomic E-state index is 12.3. The first-order valence-electron chi connectivity index (χ1n) is 9.71. The molecule has 3 rings (SSSR count). The molecule has 0 radical (unpaired) electrons. The lowest BCUT2D eigenvalue weighted by atomic mass is 10.2. The van der Waals surface area contributed by atoms with E-state index in [1.54, 1.807) is 18.2 Å². The van der Waals surface area contributed by atoms with Gasteiger partial charge in [-0.15, -0.1) is 0 Å². The van der Waals surface area contributed by atoms with Crippen molar-refractivity contribution in [1.29, 1.82) is 0 Å². The van der Waals surface area contributed by atoms with Gasteiger partial charge >= 0.3 is 0 Å². The highest BCUT2D eigenvalue weighted by Gasteiger charge is 2.16. The van der Waals surface area contributed by atoms with E-state index in [1.807, 2.05) is 47.3 Å². The van der Waals surface area contributed by atoms with E-state index >= 15 is 0 Å². The van der Waals surface area contributed by atoms with Crippen molar-refractivity contribution in [2.24, 2.45) is 5.10 Å². The summed E-state index contributed by atoms with van der Waals surface area (Å²) in [5, 5.41) is 14.6. The second-order valence-corrected chi connectivity index (χ2v) is 8.30. The molecule has 0 unspecified atom stereocenters. The van der Waals surface area contributed by atoms with Crippen LogP contribution in [0.2, 0.25) is 0 Å². The van der Waals surface area contributed by atoms with E-state index in [-0.39, 0.29) is 10.6 Å². The Morgan fingerprint density at radius 1 is 1.00 bits per heavy atom. The maximum absolute atomic E-state index is 12.3. The number of nitro groups is 1. The largest absolute Gasteiger partial charge is 0.493 e. The summed E-state index contributed by atoms with van der Waals surface area (Å²) in [5.41, 5.74) is 1.29. The van der Waals surface area contributed by atoms with Gasteiger partial charge < -0.3 is 9.47 Å². The second kappa shape index (κ2) is 10.9. The van der Waals surface area contributed by atoms with Crippen LogP contribution in [-0.2, 0) is 10.0 Å². The van der Waals surface area contributed by atoms with E-state index in [4.69, 9.17) is 9.47 Å². The maximum Gasteiger partial charge on any atom is 0.276 e. The molecule has 9 nitrogen and oxygen atoms in total. The summed E-state index contributed by atoms with van der Waals surface area (Å²) in [5.74, 6) is 0.970. The molecule has 1 N–H and O–H groups in total. The number of sulfonamides is 1. The summed E-state index contributed by atoms with van der Waals surface area (Å²) in [6, 6.07) is 19.5. The van der Waals surface area contributed by atoms with Crippen molar-refractivity contribution < 1.29 is 22.8 Å². The second-order valence-electron chi connectivity index (χ2n) is 6.64. The van der Waals surface area contributed by atoms with Gasteiger partial charge in [-0.1, -0.05) is 42.5 Å². The quantitative estimate of drug-likeness (QED) is 0.273. The standard InChI is InChI=1S/C23H21N3O6S/c1-31-23-15-19(12-13-22(23)32-14-6-9-18-7-3-2-4-8-18)17-24-25-33(29,30)21-11-5-10-20(16-21)26(27)28/h2-13,15-17,25H,14H2,1H3/b9-6+,24-17-. The van der Waals surface area contributed by atoms with Gasteiger partial charge in [-0.3, -0.25) is 10.1 Å². The molecule has 0 aliphatic heterocycles. The van der Waals surface area contributed by atoms with Gasteiger partial charge in [-0.05, 0) is 41.5 Å². The molecule has 3 aromatic carbocycles. The first-order chi connectivity index (χ1) is 15.9. The summed E-state index contributed by atoms with van der Waals surface area (Å²) in [4.78, 5) is 12.0. The van der Waals surface area contributed by atoms with E-state index in [0.717, 1.165) is 11.6 Å². The van der Waals surface area contributed by atoms with Gasteiger partial charge in [0.15, 0.2) is 11.5 Å². The van der Waals surface area contributed by atoms with Gasteiger partial charge in [0, 0.05) is 12.1 Å². The van der Waals surface area contributed by atoms with Crippen molar-refractivity contribution in [3.05, 3.63) is 100 Å². The van der Waals surface area contributed by atoms with Crippen molar-refractivity contribution >= 4 is 28.0 Å². The molecule has 33 heavy (non-hydrogen) atoms. The molecule has 3 aromatic rings. The number of nitrogens with zero attached hydrogens (tertiary/aromatic N) is 2. The highest BCUT2D eigenvalue weighted by Crippen LogP contribution is 2.27.